The van der Waals surface area contributed by atoms with Crippen molar-refractivity contribution in [2.45, 2.75) is 44.0 Å². The van der Waals surface area contributed by atoms with Crippen LogP contribution in [0.1, 0.15) is 38.2 Å². The quantitative estimate of drug-likeness (QED) is 0.807. The first-order valence-electron chi connectivity index (χ1n) is 7.33. The molecular formula is C15H24N2O3S. The van der Waals surface area contributed by atoms with Crippen LogP contribution in [0.25, 0.3) is 0 Å². The zero-order valence-electron chi connectivity index (χ0n) is 12.7. The average molecular weight is 312 g/mol. The fourth-order valence-corrected chi connectivity index (χ4v) is 3.95. The van der Waals surface area contributed by atoms with Crippen molar-refractivity contribution in [2.24, 2.45) is 11.1 Å². The molecule has 0 saturated heterocycles. The summed E-state index contributed by atoms with van der Waals surface area (Å²) in [6.45, 7) is 2.87. The Kier molecular flexibility index (Phi) is 4.91. The van der Waals surface area contributed by atoms with Crippen LogP contribution in [-0.4, -0.2) is 22.1 Å². The molecule has 1 aromatic rings. The largest absolute Gasteiger partial charge is 0.496 e. The van der Waals surface area contributed by atoms with E-state index in [1.54, 1.807) is 25.3 Å². The Morgan fingerprint density at radius 1 is 1.38 bits per heavy atom. The molecule has 0 bridgehead atoms. The molecule has 21 heavy (non-hydrogen) atoms. The van der Waals surface area contributed by atoms with Gasteiger partial charge in [0, 0.05) is 18.7 Å². The van der Waals surface area contributed by atoms with Gasteiger partial charge >= 0.3 is 0 Å². The maximum absolute atomic E-state index is 12.4. The van der Waals surface area contributed by atoms with Gasteiger partial charge in [-0.15, -0.1) is 0 Å². The molecule has 2 rings (SSSR count). The molecule has 0 heterocycles. The number of hydrogen-bond donors (Lipinski definition) is 2. The molecule has 0 aromatic heterocycles. The standard InChI is InChI=1S/C15H24N2O3S/c1-3-15(7-4-8-15)11-17-21(18,19)13-5-6-14(20-2)12(9-13)10-16/h5-6,9,17H,3-4,7-8,10-11,16H2,1-2H3. The topological polar surface area (TPSA) is 81.4 Å². The zero-order chi connectivity index (χ0) is 15.5. The Hall–Kier alpha value is -1.11. The summed E-state index contributed by atoms with van der Waals surface area (Å²) >= 11 is 0. The number of ether oxygens (including phenoxy) is 1. The molecule has 1 aliphatic rings. The van der Waals surface area contributed by atoms with Gasteiger partial charge in [0.2, 0.25) is 10.0 Å². The number of rotatable bonds is 7. The van der Waals surface area contributed by atoms with E-state index in [4.69, 9.17) is 10.5 Å². The van der Waals surface area contributed by atoms with Crippen molar-refractivity contribution in [1.82, 2.24) is 4.72 Å². The Labute approximate surface area is 126 Å². The Bertz CT molecular complexity index is 589. The van der Waals surface area contributed by atoms with Gasteiger partial charge in [0.25, 0.3) is 0 Å². The van der Waals surface area contributed by atoms with Gasteiger partial charge in [-0.3, -0.25) is 0 Å². The van der Waals surface area contributed by atoms with Crippen LogP contribution in [0.4, 0.5) is 0 Å². The van der Waals surface area contributed by atoms with Crippen LogP contribution in [0.3, 0.4) is 0 Å². The van der Waals surface area contributed by atoms with E-state index in [1.807, 2.05) is 0 Å². The summed E-state index contributed by atoms with van der Waals surface area (Å²) in [6, 6.07) is 4.79. The number of nitrogens with one attached hydrogen (secondary N) is 1. The third-order valence-corrected chi connectivity index (χ3v) is 5.98. The third-order valence-electron chi connectivity index (χ3n) is 4.58. The molecule has 118 valence electrons. The molecule has 0 atom stereocenters. The minimum atomic E-state index is -3.50. The maximum Gasteiger partial charge on any atom is 0.240 e. The van der Waals surface area contributed by atoms with Crippen molar-refractivity contribution in [3.8, 4) is 5.75 Å². The molecular weight excluding hydrogens is 288 g/mol. The van der Waals surface area contributed by atoms with Crippen molar-refractivity contribution in [1.29, 1.82) is 0 Å². The molecule has 0 radical (unpaired) electrons. The maximum atomic E-state index is 12.4. The minimum Gasteiger partial charge on any atom is -0.496 e. The molecule has 0 amide bonds. The van der Waals surface area contributed by atoms with E-state index in [9.17, 15) is 8.42 Å². The van der Waals surface area contributed by atoms with Crippen LogP contribution >= 0.6 is 0 Å². The van der Waals surface area contributed by atoms with Crippen molar-refractivity contribution in [3.63, 3.8) is 0 Å². The highest BCUT2D eigenvalue weighted by atomic mass is 32.2. The predicted octanol–water partition coefficient (Wildman–Crippen LogP) is 2.01. The highest BCUT2D eigenvalue weighted by molar-refractivity contribution is 7.89. The number of hydrogen-bond acceptors (Lipinski definition) is 4. The van der Waals surface area contributed by atoms with Gasteiger partial charge in [-0.2, -0.15) is 0 Å². The van der Waals surface area contributed by atoms with Crippen molar-refractivity contribution >= 4 is 10.0 Å². The van der Waals surface area contributed by atoms with E-state index < -0.39 is 10.0 Å². The number of sulfonamides is 1. The second-order valence-electron chi connectivity index (χ2n) is 5.71. The fraction of sp³-hybridized carbons (Fsp3) is 0.600. The molecule has 0 spiro atoms. The SMILES string of the molecule is CCC1(CNS(=O)(=O)c2ccc(OC)c(CN)c2)CCC1. The molecule has 3 N–H and O–H groups in total. The second-order valence-corrected chi connectivity index (χ2v) is 7.48. The lowest BCUT2D eigenvalue weighted by molar-refractivity contribution is 0.133. The fourth-order valence-electron chi connectivity index (χ4n) is 2.75. The summed E-state index contributed by atoms with van der Waals surface area (Å²) < 4.78 is 32.7. The summed E-state index contributed by atoms with van der Waals surface area (Å²) in [5.74, 6) is 0.612. The molecule has 0 unspecified atom stereocenters. The molecule has 1 fully saturated rings. The monoisotopic (exact) mass is 312 g/mol. The van der Waals surface area contributed by atoms with Crippen LogP contribution in [0.2, 0.25) is 0 Å². The number of methoxy groups -OCH3 is 1. The van der Waals surface area contributed by atoms with E-state index in [2.05, 4.69) is 11.6 Å². The molecule has 1 aromatic carbocycles. The molecule has 0 aliphatic heterocycles. The van der Waals surface area contributed by atoms with E-state index in [0.717, 1.165) is 19.3 Å². The minimum absolute atomic E-state index is 0.149. The average Bonchev–Trinajstić information content (AvgIpc) is 2.45. The smallest absolute Gasteiger partial charge is 0.240 e. The number of nitrogens with two attached hydrogens (primary N) is 1. The molecule has 1 aliphatic carbocycles. The summed E-state index contributed by atoms with van der Waals surface area (Å²) in [6.07, 6.45) is 4.40. The Balaban J connectivity index is 2.15. The summed E-state index contributed by atoms with van der Waals surface area (Å²) in [5.41, 5.74) is 6.48. The van der Waals surface area contributed by atoms with E-state index >= 15 is 0 Å². The van der Waals surface area contributed by atoms with E-state index in [-0.39, 0.29) is 16.9 Å². The van der Waals surface area contributed by atoms with Gasteiger partial charge in [0.15, 0.2) is 0 Å². The summed E-state index contributed by atoms with van der Waals surface area (Å²) in [5, 5.41) is 0. The lowest BCUT2D eigenvalue weighted by atomic mass is 9.67. The molecule has 6 heteroatoms. The second kappa shape index (κ2) is 6.34. The van der Waals surface area contributed by atoms with Crippen LogP contribution in [0.5, 0.6) is 5.75 Å². The van der Waals surface area contributed by atoms with Crippen molar-refractivity contribution < 1.29 is 13.2 Å². The van der Waals surface area contributed by atoms with E-state index in [1.165, 1.54) is 6.42 Å². The zero-order valence-corrected chi connectivity index (χ0v) is 13.5. The van der Waals surface area contributed by atoms with Crippen LogP contribution in [0.15, 0.2) is 23.1 Å². The Morgan fingerprint density at radius 2 is 2.10 bits per heavy atom. The van der Waals surface area contributed by atoms with Crippen LogP contribution < -0.4 is 15.2 Å². The van der Waals surface area contributed by atoms with Gasteiger partial charge < -0.3 is 10.5 Å². The predicted molar refractivity (Wildman–Crippen MR) is 82.6 cm³/mol. The first-order valence-corrected chi connectivity index (χ1v) is 8.81. The van der Waals surface area contributed by atoms with Crippen LogP contribution in [-0.2, 0) is 16.6 Å². The number of benzene rings is 1. The lowest BCUT2D eigenvalue weighted by Gasteiger charge is -2.41. The van der Waals surface area contributed by atoms with Crippen LogP contribution in [0, 0.1) is 5.41 Å². The normalized spacial score (nSPS) is 17.3. The van der Waals surface area contributed by atoms with Gasteiger partial charge in [-0.1, -0.05) is 13.3 Å². The highest BCUT2D eigenvalue weighted by Gasteiger charge is 2.36. The van der Waals surface area contributed by atoms with Crippen molar-refractivity contribution in [2.75, 3.05) is 13.7 Å². The molecule has 5 nitrogen and oxygen atoms in total. The first-order chi connectivity index (χ1) is 9.96. The van der Waals surface area contributed by atoms with Crippen molar-refractivity contribution in [3.05, 3.63) is 23.8 Å². The van der Waals surface area contributed by atoms with Gasteiger partial charge in [0.05, 0.1) is 12.0 Å². The van der Waals surface area contributed by atoms with Gasteiger partial charge in [0.1, 0.15) is 5.75 Å². The van der Waals surface area contributed by atoms with Gasteiger partial charge in [-0.25, -0.2) is 13.1 Å². The molecule has 1 saturated carbocycles. The first kappa shape index (κ1) is 16.3. The Morgan fingerprint density at radius 3 is 2.57 bits per heavy atom. The summed E-state index contributed by atoms with van der Waals surface area (Å²) in [4.78, 5) is 0.245. The highest BCUT2D eigenvalue weighted by Crippen LogP contribution is 2.43. The van der Waals surface area contributed by atoms with Gasteiger partial charge in [-0.05, 0) is 42.9 Å². The third kappa shape index (κ3) is 3.39. The lowest BCUT2D eigenvalue weighted by Crippen LogP contribution is -2.41. The summed E-state index contributed by atoms with van der Waals surface area (Å²) in [7, 11) is -1.95. The van der Waals surface area contributed by atoms with E-state index in [0.29, 0.717) is 17.9 Å².